The van der Waals surface area contributed by atoms with E-state index in [9.17, 15) is 8.42 Å². The third-order valence-electron chi connectivity index (χ3n) is 5.92. The van der Waals surface area contributed by atoms with Crippen LogP contribution in [-0.4, -0.2) is 69.4 Å². The summed E-state index contributed by atoms with van der Waals surface area (Å²) in [5.74, 6) is -0.244. The van der Waals surface area contributed by atoms with Gasteiger partial charge in [0, 0.05) is 43.6 Å². The van der Waals surface area contributed by atoms with Crippen molar-refractivity contribution in [3.05, 3.63) is 41.8 Å². The number of rotatable bonds is 11. The van der Waals surface area contributed by atoms with Crippen LogP contribution in [0.4, 0.5) is 15.5 Å². The van der Waals surface area contributed by atoms with E-state index in [0.29, 0.717) is 73.4 Å². The summed E-state index contributed by atoms with van der Waals surface area (Å²) in [5, 5.41) is 8.10. The van der Waals surface area contributed by atoms with Crippen molar-refractivity contribution in [2.75, 3.05) is 56.3 Å². The van der Waals surface area contributed by atoms with E-state index in [4.69, 9.17) is 19.6 Å². The maximum absolute atomic E-state index is 15.9. The normalized spacial score (nSPS) is 15.1. The number of aromatic nitrogens is 3. The highest BCUT2D eigenvalue weighted by molar-refractivity contribution is 7.89. The van der Waals surface area contributed by atoms with Crippen molar-refractivity contribution < 1.29 is 22.3 Å². The Balaban J connectivity index is 1.79. The SMILES string of the molecule is CCOCCNc1nccc(-c2sc(N3CCOCC3)nc2-c2cccc(C(CC)S(N)(=O)=O)c2F)n1. The van der Waals surface area contributed by atoms with Crippen LogP contribution in [0.3, 0.4) is 0 Å². The highest BCUT2D eigenvalue weighted by Crippen LogP contribution is 2.42. The van der Waals surface area contributed by atoms with Crippen LogP contribution in [0.1, 0.15) is 31.1 Å². The molecule has 1 saturated heterocycles. The predicted molar refractivity (Wildman–Crippen MR) is 143 cm³/mol. The van der Waals surface area contributed by atoms with Gasteiger partial charge in [0.05, 0.1) is 36.1 Å². The van der Waals surface area contributed by atoms with Crippen LogP contribution in [0.2, 0.25) is 0 Å². The summed E-state index contributed by atoms with van der Waals surface area (Å²) in [6.07, 6.45) is 1.77. The van der Waals surface area contributed by atoms with Gasteiger partial charge in [-0.3, -0.25) is 0 Å². The van der Waals surface area contributed by atoms with Gasteiger partial charge in [-0.15, -0.1) is 0 Å². The number of ether oxygens (including phenoxy) is 2. The molecular weight excluding hydrogens is 519 g/mol. The van der Waals surface area contributed by atoms with E-state index < -0.39 is 21.1 Å². The zero-order valence-electron chi connectivity index (χ0n) is 20.8. The first-order valence-electron chi connectivity index (χ1n) is 12.1. The molecule has 4 rings (SSSR count). The van der Waals surface area contributed by atoms with Crippen LogP contribution in [0.25, 0.3) is 21.8 Å². The minimum Gasteiger partial charge on any atom is -0.380 e. The zero-order chi connectivity index (χ0) is 26.4. The van der Waals surface area contributed by atoms with Gasteiger partial charge in [0.25, 0.3) is 0 Å². The van der Waals surface area contributed by atoms with Crippen molar-refractivity contribution in [3.8, 4) is 21.8 Å². The van der Waals surface area contributed by atoms with Gasteiger partial charge in [-0.2, -0.15) is 0 Å². The number of benzene rings is 1. The molecule has 0 radical (unpaired) electrons. The molecular formula is C24H31FN6O4S2. The first-order chi connectivity index (χ1) is 17.8. The molecule has 3 aromatic rings. The van der Waals surface area contributed by atoms with E-state index in [1.54, 1.807) is 31.3 Å². The standard InChI is InChI=1S/C24H31FN6O4S2/c1-3-19(37(26,32)33)16-6-5-7-17(20(16)25)21-22(36-24(30-21)31-11-14-35-15-12-31)18-8-9-27-23(29-18)28-10-13-34-4-2/h5-9,19H,3-4,10-15H2,1-2H3,(H2,26,32,33)(H,27,28,29). The minimum absolute atomic E-state index is 0.0235. The van der Waals surface area contributed by atoms with Crippen molar-refractivity contribution in [2.45, 2.75) is 25.5 Å². The van der Waals surface area contributed by atoms with Gasteiger partial charge in [0.1, 0.15) is 11.1 Å². The third-order valence-corrected chi connectivity index (χ3v) is 8.44. The molecule has 0 spiro atoms. The topological polar surface area (TPSA) is 133 Å². The number of morpholine rings is 1. The van der Waals surface area contributed by atoms with Crippen LogP contribution in [0, 0.1) is 5.82 Å². The number of nitrogens with one attached hydrogen (secondary N) is 1. The number of primary sulfonamides is 1. The molecule has 0 aliphatic carbocycles. The van der Waals surface area contributed by atoms with Crippen molar-refractivity contribution in [1.82, 2.24) is 15.0 Å². The van der Waals surface area contributed by atoms with Gasteiger partial charge in [0.2, 0.25) is 16.0 Å². The van der Waals surface area contributed by atoms with Crippen molar-refractivity contribution in [2.24, 2.45) is 5.14 Å². The molecule has 1 aliphatic rings. The molecule has 2 aromatic heterocycles. The number of hydrogen-bond donors (Lipinski definition) is 2. The fourth-order valence-electron chi connectivity index (χ4n) is 4.12. The van der Waals surface area contributed by atoms with E-state index >= 15 is 4.39 Å². The summed E-state index contributed by atoms with van der Waals surface area (Å²) in [6.45, 7) is 7.71. The first kappa shape index (κ1) is 27.3. The summed E-state index contributed by atoms with van der Waals surface area (Å²) in [4.78, 5) is 16.5. The molecule has 0 bridgehead atoms. The molecule has 13 heteroatoms. The Morgan fingerprint density at radius 2 is 2.03 bits per heavy atom. The number of nitrogens with two attached hydrogens (primary N) is 1. The van der Waals surface area contributed by atoms with E-state index in [2.05, 4.69) is 20.2 Å². The summed E-state index contributed by atoms with van der Waals surface area (Å²) in [5.41, 5.74) is 1.17. The van der Waals surface area contributed by atoms with Gasteiger partial charge in [-0.1, -0.05) is 30.4 Å². The number of halogens is 1. The average molecular weight is 551 g/mol. The smallest absolute Gasteiger partial charge is 0.223 e. The van der Waals surface area contributed by atoms with Gasteiger partial charge >= 0.3 is 0 Å². The fraction of sp³-hybridized carbons (Fsp3) is 0.458. The molecule has 3 N–H and O–H groups in total. The molecule has 1 aromatic carbocycles. The van der Waals surface area contributed by atoms with Gasteiger partial charge in [0.15, 0.2) is 5.13 Å². The minimum atomic E-state index is -4.00. The Hall–Kier alpha value is -2.71. The lowest BCUT2D eigenvalue weighted by Crippen LogP contribution is -2.36. The monoisotopic (exact) mass is 550 g/mol. The Labute approximate surface area is 220 Å². The van der Waals surface area contributed by atoms with Crippen molar-refractivity contribution in [1.29, 1.82) is 0 Å². The molecule has 10 nitrogen and oxygen atoms in total. The lowest BCUT2D eigenvalue weighted by atomic mass is 10.0. The molecule has 1 fully saturated rings. The highest BCUT2D eigenvalue weighted by Gasteiger charge is 2.29. The lowest BCUT2D eigenvalue weighted by Gasteiger charge is -2.26. The molecule has 1 atom stereocenters. The quantitative estimate of drug-likeness (QED) is 0.345. The Morgan fingerprint density at radius 1 is 1.24 bits per heavy atom. The van der Waals surface area contributed by atoms with E-state index in [1.807, 2.05) is 6.92 Å². The Bertz CT molecular complexity index is 1310. The highest BCUT2D eigenvalue weighted by atomic mass is 32.2. The molecule has 3 heterocycles. The third kappa shape index (κ3) is 6.41. The van der Waals surface area contributed by atoms with Gasteiger partial charge in [-0.25, -0.2) is 32.9 Å². The molecule has 0 saturated carbocycles. The van der Waals surface area contributed by atoms with Crippen LogP contribution in [0.5, 0.6) is 0 Å². The Kier molecular flexibility index (Phi) is 9.03. The molecule has 1 unspecified atom stereocenters. The first-order valence-corrected chi connectivity index (χ1v) is 14.5. The second-order valence-electron chi connectivity index (χ2n) is 8.36. The average Bonchev–Trinajstić information content (AvgIpc) is 3.33. The summed E-state index contributed by atoms with van der Waals surface area (Å²) in [7, 11) is -4.00. The number of nitrogens with zero attached hydrogens (tertiary/aromatic N) is 4. The predicted octanol–water partition coefficient (Wildman–Crippen LogP) is 3.43. The van der Waals surface area contributed by atoms with Crippen LogP contribution < -0.4 is 15.4 Å². The maximum atomic E-state index is 15.9. The van der Waals surface area contributed by atoms with Crippen LogP contribution >= 0.6 is 11.3 Å². The number of hydrogen-bond acceptors (Lipinski definition) is 10. The molecule has 0 amide bonds. The summed E-state index contributed by atoms with van der Waals surface area (Å²) < 4.78 is 51.1. The lowest BCUT2D eigenvalue weighted by molar-refractivity contribution is 0.122. The van der Waals surface area contributed by atoms with E-state index in [0.717, 1.165) is 0 Å². The Morgan fingerprint density at radius 3 is 2.73 bits per heavy atom. The van der Waals surface area contributed by atoms with Crippen LogP contribution in [-0.2, 0) is 19.5 Å². The van der Waals surface area contributed by atoms with E-state index in [-0.39, 0.29) is 17.5 Å². The van der Waals surface area contributed by atoms with Crippen molar-refractivity contribution in [3.63, 3.8) is 0 Å². The molecule has 37 heavy (non-hydrogen) atoms. The van der Waals surface area contributed by atoms with E-state index in [1.165, 1.54) is 17.4 Å². The summed E-state index contributed by atoms with van der Waals surface area (Å²) in [6, 6.07) is 6.42. The second-order valence-corrected chi connectivity index (χ2v) is 11.1. The zero-order valence-corrected chi connectivity index (χ0v) is 22.4. The maximum Gasteiger partial charge on any atom is 0.223 e. The fourth-order valence-corrected chi connectivity index (χ4v) is 6.22. The molecule has 1 aliphatic heterocycles. The van der Waals surface area contributed by atoms with Gasteiger partial charge < -0.3 is 19.7 Å². The van der Waals surface area contributed by atoms with Crippen molar-refractivity contribution >= 4 is 32.4 Å². The number of anilines is 2. The largest absolute Gasteiger partial charge is 0.380 e. The number of sulfonamides is 1. The second kappa shape index (κ2) is 12.2. The van der Waals surface area contributed by atoms with Gasteiger partial charge in [-0.05, 0) is 25.5 Å². The summed E-state index contributed by atoms with van der Waals surface area (Å²) >= 11 is 1.40. The molecule has 200 valence electrons. The number of thiazole rings is 1. The van der Waals surface area contributed by atoms with Crippen LogP contribution in [0.15, 0.2) is 30.5 Å².